The number of hydrogen-bond acceptors (Lipinski definition) is 9. The first-order valence-electron chi connectivity index (χ1n) is 10.7. The smallest absolute Gasteiger partial charge is 0.506 e. The zero-order valence-corrected chi connectivity index (χ0v) is 18.6. The normalized spacial score (nSPS) is 29.3. The summed E-state index contributed by atoms with van der Waals surface area (Å²) in [5.41, 5.74) is -1.38. The summed E-state index contributed by atoms with van der Waals surface area (Å²) >= 11 is 0. The van der Waals surface area contributed by atoms with E-state index in [0.29, 0.717) is 17.7 Å². The second-order valence-corrected chi connectivity index (χ2v) is 8.43. The Kier molecular flexibility index (Phi) is 5.40. The molecule has 4 rings (SSSR count). The van der Waals surface area contributed by atoms with Crippen LogP contribution in [0, 0.1) is 12.8 Å². The lowest BCUT2D eigenvalue weighted by atomic mass is 9.79. The molecule has 1 aromatic heterocycles. The molecule has 1 aromatic carbocycles. The second-order valence-electron chi connectivity index (χ2n) is 8.43. The monoisotopic (exact) mass is 446 g/mol. The summed E-state index contributed by atoms with van der Waals surface area (Å²) < 4.78 is 28.4. The fraction of sp³-hybridized carbons (Fsp3) is 0.522. The lowest BCUT2D eigenvalue weighted by Gasteiger charge is -2.46. The van der Waals surface area contributed by atoms with Crippen LogP contribution in [0.3, 0.4) is 0 Å². The maximum absolute atomic E-state index is 12.4. The number of Topliss-reactive ketones (excluding diaryl/α,β-unsaturated/α-hetero) is 1. The van der Waals surface area contributed by atoms with Crippen molar-refractivity contribution in [3.63, 3.8) is 0 Å². The standard InChI is InChI=1S/C23H26O9/c1-6-13(24)15-16(25)12-8-9-14(10(3)17(12)29-20(15)26)28-21-19-18(30-22(27)31-19)11(4)23(5,7-2)32-21/h8-9,11,18-19,21,25H,6-7H2,1-5H3/t11-,18-,19-,21?,23+/m1/s1. The number of carbonyl (C=O) groups excluding carboxylic acids is 2. The molecular weight excluding hydrogens is 420 g/mol. The number of ketones is 1. The van der Waals surface area contributed by atoms with Crippen LogP contribution < -0.4 is 10.4 Å². The molecule has 3 heterocycles. The van der Waals surface area contributed by atoms with Crippen molar-refractivity contribution in [3.8, 4) is 11.5 Å². The van der Waals surface area contributed by atoms with E-state index in [1.165, 1.54) is 6.07 Å². The van der Waals surface area contributed by atoms with E-state index >= 15 is 0 Å². The highest BCUT2D eigenvalue weighted by atomic mass is 16.8. The molecule has 2 fully saturated rings. The number of aromatic hydroxyl groups is 1. The van der Waals surface area contributed by atoms with Gasteiger partial charge in [0, 0.05) is 17.9 Å². The topological polar surface area (TPSA) is 122 Å². The average molecular weight is 446 g/mol. The van der Waals surface area contributed by atoms with Crippen LogP contribution in [0.4, 0.5) is 4.79 Å². The van der Waals surface area contributed by atoms with Crippen molar-refractivity contribution in [3.05, 3.63) is 33.7 Å². The molecule has 0 aliphatic carbocycles. The van der Waals surface area contributed by atoms with Gasteiger partial charge in [-0.3, -0.25) is 4.79 Å². The van der Waals surface area contributed by atoms with Crippen molar-refractivity contribution >= 4 is 22.9 Å². The molecule has 1 N–H and O–H groups in total. The Morgan fingerprint density at radius 2 is 1.88 bits per heavy atom. The summed E-state index contributed by atoms with van der Waals surface area (Å²) in [6, 6.07) is 3.08. The molecule has 0 radical (unpaired) electrons. The Labute approximate surface area is 184 Å². The third-order valence-corrected chi connectivity index (χ3v) is 6.69. The van der Waals surface area contributed by atoms with E-state index in [1.54, 1.807) is 19.9 Å². The van der Waals surface area contributed by atoms with Gasteiger partial charge in [-0.25, -0.2) is 9.59 Å². The Morgan fingerprint density at radius 1 is 1.19 bits per heavy atom. The minimum Gasteiger partial charge on any atom is -0.506 e. The number of benzene rings is 1. The van der Waals surface area contributed by atoms with E-state index in [1.807, 2.05) is 20.8 Å². The molecular formula is C23H26O9. The lowest BCUT2D eigenvalue weighted by Crippen LogP contribution is -2.59. The van der Waals surface area contributed by atoms with Gasteiger partial charge >= 0.3 is 11.8 Å². The predicted molar refractivity (Wildman–Crippen MR) is 112 cm³/mol. The summed E-state index contributed by atoms with van der Waals surface area (Å²) in [5, 5.41) is 10.7. The second kappa shape index (κ2) is 7.81. The highest BCUT2D eigenvalue weighted by molar-refractivity contribution is 6.03. The van der Waals surface area contributed by atoms with Gasteiger partial charge in [0.25, 0.3) is 0 Å². The zero-order valence-electron chi connectivity index (χ0n) is 18.6. The maximum atomic E-state index is 12.4. The molecule has 0 bridgehead atoms. The molecule has 5 atom stereocenters. The minimum atomic E-state index is -0.954. The quantitative estimate of drug-likeness (QED) is 0.415. The van der Waals surface area contributed by atoms with E-state index in [-0.39, 0.29) is 28.9 Å². The molecule has 32 heavy (non-hydrogen) atoms. The minimum absolute atomic E-state index is 0.0565. The van der Waals surface area contributed by atoms with Crippen LogP contribution in [0.25, 0.3) is 11.0 Å². The van der Waals surface area contributed by atoms with Gasteiger partial charge in [0.2, 0.25) is 12.4 Å². The Morgan fingerprint density at radius 3 is 2.53 bits per heavy atom. The van der Waals surface area contributed by atoms with Crippen molar-refractivity contribution in [2.24, 2.45) is 5.92 Å². The molecule has 9 nitrogen and oxygen atoms in total. The maximum Gasteiger partial charge on any atom is 0.509 e. The average Bonchev–Trinajstić information content (AvgIpc) is 3.16. The van der Waals surface area contributed by atoms with Gasteiger partial charge in [-0.1, -0.05) is 20.8 Å². The van der Waals surface area contributed by atoms with Crippen LogP contribution in [0.2, 0.25) is 0 Å². The lowest BCUT2D eigenvalue weighted by molar-refractivity contribution is -0.267. The van der Waals surface area contributed by atoms with Gasteiger partial charge in [-0.05, 0) is 32.4 Å². The first-order chi connectivity index (χ1) is 15.1. The number of hydrogen-bond donors (Lipinski definition) is 1. The van der Waals surface area contributed by atoms with Crippen LogP contribution in [0.5, 0.6) is 11.5 Å². The fourth-order valence-corrected chi connectivity index (χ4v) is 4.31. The number of rotatable bonds is 5. The Hall–Kier alpha value is -3.07. The van der Waals surface area contributed by atoms with Crippen molar-refractivity contribution in [1.82, 2.24) is 0 Å². The van der Waals surface area contributed by atoms with E-state index in [4.69, 9.17) is 23.4 Å². The third-order valence-electron chi connectivity index (χ3n) is 6.69. The molecule has 2 aromatic rings. The molecule has 1 unspecified atom stereocenters. The molecule has 0 saturated carbocycles. The first kappa shape index (κ1) is 22.1. The van der Waals surface area contributed by atoms with Crippen LogP contribution >= 0.6 is 0 Å². The first-order valence-corrected chi connectivity index (χ1v) is 10.7. The molecule has 9 heteroatoms. The Bertz CT molecular complexity index is 1150. The molecule has 2 aliphatic rings. The number of carbonyl (C=O) groups is 2. The molecule has 172 valence electrons. The van der Waals surface area contributed by atoms with E-state index < -0.39 is 47.4 Å². The summed E-state index contributed by atoms with van der Waals surface area (Å²) in [7, 11) is 0. The summed E-state index contributed by atoms with van der Waals surface area (Å²) in [6.07, 6.45) is -2.31. The molecule has 2 aliphatic heterocycles. The Balaban J connectivity index is 1.74. The van der Waals surface area contributed by atoms with Crippen LogP contribution in [0.15, 0.2) is 21.3 Å². The van der Waals surface area contributed by atoms with Crippen molar-refractivity contribution in [2.75, 3.05) is 0 Å². The number of aryl methyl sites for hydroxylation is 1. The van der Waals surface area contributed by atoms with E-state index in [0.717, 1.165) is 0 Å². The number of ether oxygens (including phenoxy) is 4. The highest BCUT2D eigenvalue weighted by Gasteiger charge is 2.57. The van der Waals surface area contributed by atoms with Gasteiger partial charge in [0.1, 0.15) is 22.6 Å². The SMILES string of the molecule is CCC(=O)c1c(O)c2ccc(OC3O[C@@](C)(CC)[C@H](C)[C@H]4OC(=O)O[C@@H]34)c(C)c2oc1=O. The van der Waals surface area contributed by atoms with Crippen LogP contribution in [-0.2, 0) is 14.2 Å². The molecule has 2 saturated heterocycles. The summed E-state index contributed by atoms with van der Waals surface area (Å²) in [6.45, 7) is 9.08. The molecule has 0 spiro atoms. The summed E-state index contributed by atoms with van der Waals surface area (Å²) in [4.78, 5) is 36.2. The van der Waals surface area contributed by atoms with Crippen molar-refractivity contribution < 1.29 is 38.1 Å². The van der Waals surface area contributed by atoms with Crippen molar-refractivity contribution in [2.45, 2.75) is 71.6 Å². The highest BCUT2D eigenvalue weighted by Crippen LogP contribution is 2.43. The van der Waals surface area contributed by atoms with Gasteiger partial charge in [0.05, 0.1) is 11.0 Å². The molecule has 0 amide bonds. The third kappa shape index (κ3) is 3.31. The van der Waals surface area contributed by atoms with Crippen LogP contribution in [-0.4, -0.2) is 41.1 Å². The summed E-state index contributed by atoms with van der Waals surface area (Å²) in [5.74, 6) is -0.730. The fourth-order valence-electron chi connectivity index (χ4n) is 4.31. The van der Waals surface area contributed by atoms with Gasteiger partial charge in [-0.2, -0.15) is 0 Å². The largest absolute Gasteiger partial charge is 0.509 e. The predicted octanol–water partition coefficient (Wildman–Crippen LogP) is 3.84. The zero-order chi connectivity index (χ0) is 23.4. The van der Waals surface area contributed by atoms with E-state index in [9.17, 15) is 19.5 Å². The van der Waals surface area contributed by atoms with Crippen LogP contribution in [0.1, 0.15) is 56.5 Å². The number of fused-ring (bicyclic) bond motifs is 2. The van der Waals surface area contributed by atoms with Gasteiger partial charge in [-0.15, -0.1) is 0 Å². The van der Waals surface area contributed by atoms with Crippen molar-refractivity contribution in [1.29, 1.82) is 0 Å². The van der Waals surface area contributed by atoms with E-state index in [2.05, 4.69) is 0 Å². The van der Waals surface area contributed by atoms with Gasteiger partial charge < -0.3 is 28.5 Å². The van der Waals surface area contributed by atoms with Gasteiger partial charge in [0.15, 0.2) is 11.9 Å².